The maximum Gasteiger partial charge on any atom is 0.253 e. The van der Waals surface area contributed by atoms with E-state index in [1.54, 1.807) is 29.9 Å². The van der Waals surface area contributed by atoms with Crippen LogP contribution in [0.15, 0.2) is 29.9 Å². The summed E-state index contributed by atoms with van der Waals surface area (Å²) >= 11 is 1.49. The van der Waals surface area contributed by atoms with E-state index in [1.165, 1.54) is 18.4 Å². The van der Waals surface area contributed by atoms with E-state index in [0.29, 0.717) is 23.5 Å². The third kappa shape index (κ3) is 2.60. The van der Waals surface area contributed by atoms with Crippen LogP contribution in [0.5, 0.6) is 5.75 Å². The van der Waals surface area contributed by atoms with Gasteiger partial charge in [-0.25, -0.2) is 0 Å². The Morgan fingerprint density at radius 3 is 3.06 bits per heavy atom. The highest BCUT2D eigenvalue weighted by Gasteiger charge is 2.12. The molecule has 0 saturated carbocycles. The van der Waals surface area contributed by atoms with E-state index in [2.05, 4.69) is 10.3 Å². The Morgan fingerprint density at radius 2 is 2.39 bits per heavy atom. The molecule has 0 aliphatic heterocycles. The van der Waals surface area contributed by atoms with Crippen molar-refractivity contribution in [3.8, 4) is 5.75 Å². The molecule has 0 saturated heterocycles. The van der Waals surface area contributed by atoms with Gasteiger partial charge in [0.1, 0.15) is 5.75 Å². The largest absolute Gasteiger partial charge is 0.495 e. The molecule has 0 unspecified atom stereocenters. The van der Waals surface area contributed by atoms with Crippen LogP contribution < -0.4 is 15.8 Å². The van der Waals surface area contributed by atoms with Gasteiger partial charge in [0.25, 0.3) is 5.91 Å². The van der Waals surface area contributed by atoms with Crippen LogP contribution in [0.1, 0.15) is 15.2 Å². The number of para-hydroxylation sites is 1. The Bertz CT molecular complexity index is 540. The van der Waals surface area contributed by atoms with Crippen molar-refractivity contribution in [1.82, 2.24) is 10.3 Å². The highest BCUT2D eigenvalue weighted by atomic mass is 32.1. The minimum atomic E-state index is -0.222. The number of ether oxygens (including phenoxy) is 1. The summed E-state index contributed by atoms with van der Waals surface area (Å²) in [4.78, 5) is 16.9. The topological polar surface area (TPSA) is 77.2 Å². The average Bonchev–Trinajstić information content (AvgIpc) is 2.89. The molecule has 0 radical (unpaired) electrons. The maximum absolute atomic E-state index is 12.0. The van der Waals surface area contributed by atoms with Crippen LogP contribution in [-0.2, 0) is 6.54 Å². The number of rotatable bonds is 4. The molecule has 0 spiro atoms. The molecular weight excluding hydrogens is 250 g/mol. The number of thiazole rings is 1. The number of carbonyl (C=O) groups excluding carboxylic acids is 1. The van der Waals surface area contributed by atoms with E-state index >= 15 is 0 Å². The molecule has 0 fully saturated rings. The van der Waals surface area contributed by atoms with Crippen LogP contribution in [0.25, 0.3) is 0 Å². The van der Waals surface area contributed by atoms with Gasteiger partial charge < -0.3 is 15.8 Å². The molecule has 5 nitrogen and oxygen atoms in total. The van der Waals surface area contributed by atoms with Crippen molar-refractivity contribution < 1.29 is 9.53 Å². The summed E-state index contributed by atoms with van der Waals surface area (Å²) in [6.07, 6.45) is 1.72. The molecule has 2 rings (SSSR count). The van der Waals surface area contributed by atoms with Crippen LogP contribution in [0.4, 0.5) is 5.69 Å². The van der Waals surface area contributed by atoms with Gasteiger partial charge in [-0.3, -0.25) is 9.78 Å². The number of amides is 1. The van der Waals surface area contributed by atoms with E-state index in [0.717, 1.165) is 4.88 Å². The van der Waals surface area contributed by atoms with Crippen LogP contribution in [-0.4, -0.2) is 18.0 Å². The van der Waals surface area contributed by atoms with Crippen molar-refractivity contribution in [3.05, 3.63) is 40.3 Å². The number of carbonyl (C=O) groups is 1. The Balaban J connectivity index is 2.09. The summed E-state index contributed by atoms with van der Waals surface area (Å²) in [7, 11) is 1.52. The van der Waals surface area contributed by atoms with Gasteiger partial charge in [-0.15, -0.1) is 11.3 Å². The Hall–Kier alpha value is -2.08. The van der Waals surface area contributed by atoms with Crippen molar-refractivity contribution in [2.24, 2.45) is 0 Å². The molecule has 2 aromatic rings. The fraction of sp³-hybridized carbons (Fsp3) is 0.167. The highest BCUT2D eigenvalue weighted by molar-refractivity contribution is 7.09. The summed E-state index contributed by atoms with van der Waals surface area (Å²) in [5.74, 6) is 0.278. The molecule has 18 heavy (non-hydrogen) atoms. The predicted octanol–water partition coefficient (Wildman–Crippen LogP) is 1.66. The fourth-order valence-electron chi connectivity index (χ4n) is 1.51. The number of nitrogens with zero attached hydrogens (tertiary/aromatic N) is 1. The molecule has 1 aromatic heterocycles. The second-order valence-electron chi connectivity index (χ2n) is 3.57. The SMILES string of the molecule is COc1cccc(C(=O)NCc2cncs2)c1N. The first-order chi connectivity index (χ1) is 8.72. The molecule has 0 aliphatic carbocycles. The van der Waals surface area contributed by atoms with Gasteiger partial charge in [0, 0.05) is 11.1 Å². The van der Waals surface area contributed by atoms with Crippen LogP contribution in [0.2, 0.25) is 0 Å². The number of hydrogen-bond donors (Lipinski definition) is 2. The lowest BCUT2D eigenvalue weighted by Crippen LogP contribution is -2.23. The molecule has 0 atom stereocenters. The van der Waals surface area contributed by atoms with E-state index in [1.807, 2.05) is 0 Å². The molecule has 94 valence electrons. The number of benzene rings is 1. The maximum atomic E-state index is 12.0. The van der Waals surface area contributed by atoms with Gasteiger partial charge in [-0.1, -0.05) is 6.07 Å². The number of nitrogen functional groups attached to an aromatic ring is 1. The first-order valence-electron chi connectivity index (χ1n) is 5.30. The van der Waals surface area contributed by atoms with E-state index in [9.17, 15) is 4.79 Å². The number of nitrogens with two attached hydrogens (primary N) is 1. The molecular formula is C12H13N3O2S. The average molecular weight is 263 g/mol. The summed E-state index contributed by atoms with van der Waals surface area (Å²) in [5, 5.41) is 2.79. The second-order valence-corrected chi connectivity index (χ2v) is 4.54. The number of hydrogen-bond acceptors (Lipinski definition) is 5. The van der Waals surface area contributed by atoms with Gasteiger partial charge in [0.2, 0.25) is 0 Å². The second kappa shape index (κ2) is 5.50. The third-order valence-corrected chi connectivity index (χ3v) is 3.22. The molecule has 3 N–H and O–H groups in total. The van der Waals surface area contributed by atoms with Crippen molar-refractivity contribution in [3.63, 3.8) is 0 Å². The zero-order chi connectivity index (χ0) is 13.0. The zero-order valence-corrected chi connectivity index (χ0v) is 10.7. The lowest BCUT2D eigenvalue weighted by Gasteiger charge is -2.09. The monoisotopic (exact) mass is 263 g/mol. The van der Waals surface area contributed by atoms with Crippen LogP contribution in [0.3, 0.4) is 0 Å². The lowest BCUT2D eigenvalue weighted by molar-refractivity contribution is 0.0952. The summed E-state index contributed by atoms with van der Waals surface area (Å²) in [6, 6.07) is 5.12. The molecule has 1 aromatic carbocycles. The van der Waals surface area contributed by atoms with Crippen LogP contribution >= 0.6 is 11.3 Å². The third-order valence-electron chi connectivity index (χ3n) is 2.44. The lowest BCUT2D eigenvalue weighted by atomic mass is 10.1. The number of aromatic nitrogens is 1. The van der Waals surface area contributed by atoms with Gasteiger partial charge in [0.15, 0.2) is 0 Å². The molecule has 0 aliphatic rings. The molecule has 6 heteroatoms. The van der Waals surface area contributed by atoms with Crippen LogP contribution in [0, 0.1) is 0 Å². The van der Waals surface area contributed by atoms with Gasteiger partial charge in [0.05, 0.1) is 30.4 Å². The highest BCUT2D eigenvalue weighted by Crippen LogP contribution is 2.24. The summed E-state index contributed by atoms with van der Waals surface area (Å²) in [6.45, 7) is 0.445. The first-order valence-corrected chi connectivity index (χ1v) is 6.18. The van der Waals surface area contributed by atoms with Gasteiger partial charge in [-0.2, -0.15) is 0 Å². The summed E-state index contributed by atoms with van der Waals surface area (Å²) in [5.41, 5.74) is 8.34. The van der Waals surface area contributed by atoms with E-state index in [4.69, 9.17) is 10.5 Å². The number of nitrogens with one attached hydrogen (secondary N) is 1. The van der Waals surface area contributed by atoms with E-state index in [-0.39, 0.29) is 5.91 Å². The number of anilines is 1. The molecule has 1 heterocycles. The van der Waals surface area contributed by atoms with Crippen molar-refractivity contribution in [2.75, 3.05) is 12.8 Å². The normalized spacial score (nSPS) is 10.1. The van der Waals surface area contributed by atoms with Crippen molar-refractivity contribution >= 4 is 22.9 Å². The van der Waals surface area contributed by atoms with Crippen molar-refractivity contribution in [1.29, 1.82) is 0 Å². The van der Waals surface area contributed by atoms with Gasteiger partial charge in [-0.05, 0) is 12.1 Å². The Kier molecular flexibility index (Phi) is 3.78. The minimum Gasteiger partial charge on any atom is -0.495 e. The molecule has 0 bridgehead atoms. The number of methoxy groups -OCH3 is 1. The van der Waals surface area contributed by atoms with Crippen molar-refractivity contribution in [2.45, 2.75) is 6.54 Å². The van der Waals surface area contributed by atoms with E-state index < -0.39 is 0 Å². The smallest absolute Gasteiger partial charge is 0.253 e. The quantitative estimate of drug-likeness (QED) is 0.822. The predicted molar refractivity (Wildman–Crippen MR) is 70.7 cm³/mol. The summed E-state index contributed by atoms with van der Waals surface area (Å²) < 4.78 is 5.07. The first kappa shape index (κ1) is 12.4. The minimum absolute atomic E-state index is 0.222. The Labute approximate surface area is 109 Å². The zero-order valence-electron chi connectivity index (χ0n) is 9.84. The molecule has 1 amide bonds. The standard InChI is InChI=1S/C12H13N3O2S/c1-17-10-4-2-3-9(11(10)13)12(16)15-6-8-5-14-7-18-8/h2-5,7H,6,13H2,1H3,(H,15,16). The fourth-order valence-corrected chi connectivity index (χ4v) is 2.05. The Morgan fingerprint density at radius 1 is 1.56 bits per heavy atom. The van der Waals surface area contributed by atoms with Gasteiger partial charge >= 0.3 is 0 Å².